The minimum absolute atomic E-state index is 0.158. The van der Waals surface area contributed by atoms with Crippen molar-refractivity contribution >= 4 is 5.91 Å². The van der Waals surface area contributed by atoms with E-state index in [0.29, 0.717) is 37.5 Å². The monoisotopic (exact) mass is 333 g/mol. The Morgan fingerprint density at radius 1 is 1.26 bits per heavy atom. The fourth-order valence-corrected chi connectivity index (χ4v) is 2.00. The van der Waals surface area contributed by atoms with Gasteiger partial charge in [0.1, 0.15) is 6.61 Å². The molecule has 0 saturated carbocycles. The maximum atomic E-state index is 12.0. The molecular formula is C15H18F3NO4. The van der Waals surface area contributed by atoms with Crippen LogP contribution in [0, 0.1) is 0 Å². The van der Waals surface area contributed by atoms with Crippen molar-refractivity contribution < 1.29 is 32.2 Å². The fraction of sp³-hybridized carbons (Fsp3) is 0.533. The van der Waals surface area contributed by atoms with E-state index in [-0.39, 0.29) is 18.6 Å². The van der Waals surface area contributed by atoms with Crippen molar-refractivity contribution in [2.75, 3.05) is 33.0 Å². The van der Waals surface area contributed by atoms with Crippen molar-refractivity contribution in [3.63, 3.8) is 0 Å². The quantitative estimate of drug-likeness (QED) is 0.864. The van der Waals surface area contributed by atoms with Crippen molar-refractivity contribution in [2.24, 2.45) is 0 Å². The van der Waals surface area contributed by atoms with E-state index in [4.69, 9.17) is 9.47 Å². The molecule has 0 aliphatic carbocycles. The van der Waals surface area contributed by atoms with Crippen LogP contribution in [0.5, 0.6) is 0 Å². The number of alkyl halides is 3. The first-order valence-corrected chi connectivity index (χ1v) is 7.15. The molecule has 0 radical (unpaired) electrons. The third kappa shape index (κ3) is 6.55. The van der Waals surface area contributed by atoms with Crippen LogP contribution in [0.4, 0.5) is 13.2 Å². The summed E-state index contributed by atoms with van der Waals surface area (Å²) in [6.45, 7) is 0.397. The minimum atomic E-state index is -4.34. The van der Waals surface area contributed by atoms with Gasteiger partial charge in [0.25, 0.3) is 5.91 Å². The van der Waals surface area contributed by atoms with E-state index in [9.17, 15) is 18.0 Å². The maximum Gasteiger partial charge on any atom is 0.411 e. The molecule has 1 amide bonds. The number of hydrogen-bond donors (Lipinski definition) is 1. The van der Waals surface area contributed by atoms with Crippen molar-refractivity contribution in [3.8, 4) is 0 Å². The standard InChI is InChI=1S/C15H18F3NO4/c16-15(17,18)10-22-8-11-1-3-12(4-2-11)14(20)19-7-13-9-21-5-6-23-13/h1-4,13H,5-10H2,(H,19,20)/t13-/m1/s1. The lowest BCUT2D eigenvalue weighted by Crippen LogP contribution is -2.39. The number of halogens is 3. The third-order valence-corrected chi connectivity index (χ3v) is 3.13. The number of amides is 1. The first kappa shape index (κ1) is 17.7. The average molecular weight is 333 g/mol. The molecule has 1 heterocycles. The van der Waals surface area contributed by atoms with Crippen LogP contribution in [0.1, 0.15) is 15.9 Å². The van der Waals surface area contributed by atoms with Crippen molar-refractivity contribution in [1.82, 2.24) is 5.32 Å². The van der Waals surface area contributed by atoms with E-state index in [1.807, 2.05) is 0 Å². The predicted molar refractivity (Wildman–Crippen MR) is 75.0 cm³/mol. The molecule has 1 N–H and O–H groups in total. The second kappa shape index (κ2) is 8.28. The molecule has 1 aromatic rings. The summed E-state index contributed by atoms with van der Waals surface area (Å²) >= 11 is 0. The Kier molecular flexibility index (Phi) is 6.37. The molecule has 0 spiro atoms. The van der Waals surface area contributed by atoms with E-state index < -0.39 is 12.8 Å². The highest BCUT2D eigenvalue weighted by molar-refractivity contribution is 5.94. The Morgan fingerprint density at radius 3 is 2.61 bits per heavy atom. The highest BCUT2D eigenvalue weighted by atomic mass is 19.4. The van der Waals surface area contributed by atoms with Crippen LogP contribution in [0.25, 0.3) is 0 Å². The van der Waals surface area contributed by atoms with Gasteiger partial charge in [0.2, 0.25) is 0 Å². The van der Waals surface area contributed by atoms with Crippen LogP contribution in [-0.4, -0.2) is 51.2 Å². The Hall–Kier alpha value is -1.64. The van der Waals surface area contributed by atoms with Gasteiger partial charge in [0.05, 0.1) is 32.5 Å². The number of rotatable bonds is 6. The second-order valence-corrected chi connectivity index (χ2v) is 5.08. The number of hydrogen-bond acceptors (Lipinski definition) is 4. The normalized spacial score (nSPS) is 18.7. The zero-order chi connectivity index (χ0) is 16.7. The van der Waals surface area contributed by atoms with Crippen molar-refractivity contribution in [2.45, 2.75) is 18.9 Å². The van der Waals surface area contributed by atoms with Gasteiger partial charge in [-0.2, -0.15) is 13.2 Å². The lowest BCUT2D eigenvalue weighted by Gasteiger charge is -2.23. The van der Waals surface area contributed by atoms with Crippen LogP contribution >= 0.6 is 0 Å². The number of nitrogens with one attached hydrogen (secondary N) is 1. The summed E-state index contributed by atoms with van der Waals surface area (Å²) < 4.78 is 51.1. The van der Waals surface area contributed by atoms with Gasteiger partial charge in [0.15, 0.2) is 0 Å². The highest BCUT2D eigenvalue weighted by Crippen LogP contribution is 2.15. The maximum absolute atomic E-state index is 12.0. The topological polar surface area (TPSA) is 56.8 Å². The van der Waals surface area contributed by atoms with Crippen LogP contribution in [0.2, 0.25) is 0 Å². The molecule has 0 aromatic heterocycles. The minimum Gasteiger partial charge on any atom is -0.376 e. The smallest absolute Gasteiger partial charge is 0.376 e. The molecule has 2 rings (SSSR count). The third-order valence-electron chi connectivity index (χ3n) is 3.13. The summed E-state index contributed by atoms with van der Waals surface area (Å²) in [5.74, 6) is -0.276. The Labute approximate surface area is 131 Å². The molecule has 1 aliphatic heterocycles. The Balaban J connectivity index is 1.75. The molecule has 8 heteroatoms. The van der Waals surface area contributed by atoms with Crippen LogP contribution in [0.15, 0.2) is 24.3 Å². The predicted octanol–water partition coefficient (Wildman–Crippen LogP) is 1.91. The number of carbonyl (C=O) groups excluding carboxylic acids is 1. The van der Waals surface area contributed by atoms with Gasteiger partial charge in [-0.25, -0.2) is 0 Å². The van der Waals surface area contributed by atoms with Gasteiger partial charge in [-0.1, -0.05) is 12.1 Å². The van der Waals surface area contributed by atoms with E-state index in [2.05, 4.69) is 10.1 Å². The number of ether oxygens (including phenoxy) is 3. The van der Waals surface area contributed by atoms with Crippen molar-refractivity contribution in [1.29, 1.82) is 0 Å². The van der Waals surface area contributed by atoms with Gasteiger partial charge in [-0.05, 0) is 17.7 Å². The zero-order valence-electron chi connectivity index (χ0n) is 12.4. The second-order valence-electron chi connectivity index (χ2n) is 5.08. The Bertz CT molecular complexity index is 498. The summed E-state index contributed by atoms with van der Waals surface area (Å²) in [7, 11) is 0. The molecule has 1 atom stereocenters. The van der Waals surface area contributed by atoms with Crippen molar-refractivity contribution in [3.05, 3.63) is 35.4 Å². The number of benzene rings is 1. The summed E-state index contributed by atoms with van der Waals surface area (Å²) in [6.07, 6.45) is -4.51. The lowest BCUT2D eigenvalue weighted by molar-refractivity contribution is -0.176. The van der Waals surface area contributed by atoms with E-state index in [1.165, 1.54) is 0 Å². The van der Waals surface area contributed by atoms with Crippen LogP contribution < -0.4 is 5.32 Å². The molecule has 0 unspecified atom stereocenters. The van der Waals surface area contributed by atoms with E-state index in [1.54, 1.807) is 24.3 Å². The summed E-state index contributed by atoms with van der Waals surface area (Å²) in [4.78, 5) is 12.0. The van der Waals surface area contributed by atoms with Crippen LogP contribution in [-0.2, 0) is 20.8 Å². The summed E-state index contributed by atoms with van der Waals surface area (Å²) in [5, 5.41) is 2.73. The largest absolute Gasteiger partial charge is 0.411 e. The van der Waals surface area contributed by atoms with Gasteiger partial charge in [-0.15, -0.1) is 0 Å². The molecule has 1 saturated heterocycles. The summed E-state index contributed by atoms with van der Waals surface area (Å²) in [6, 6.07) is 6.21. The van der Waals surface area contributed by atoms with Crippen LogP contribution in [0.3, 0.4) is 0 Å². The summed E-state index contributed by atoms with van der Waals surface area (Å²) in [5.41, 5.74) is 0.983. The fourth-order valence-electron chi connectivity index (χ4n) is 2.00. The lowest BCUT2D eigenvalue weighted by atomic mass is 10.1. The van der Waals surface area contributed by atoms with Gasteiger partial charge < -0.3 is 19.5 Å². The molecule has 1 aliphatic rings. The van der Waals surface area contributed by atoms with Gasteiger partial charge >= 0.3 is 6.18 Å². The zero-order valence-corrected chi connectivity index (χ0v) is 12.4. The molecule has 128 valence electrons. The van der Waals surface area contributed by atoms with Gasteiger partial charge in [-0.3, -0.25) is 4.79 Å². The van der Waals surface area contributed by atoms with Gasteiger partial charge in [0, 0.05) is 12.1 Å². The SMILES string of the molecule is O=C(NC[C@@H]1COCCO1)c1ccc(COCC(F)(F)F)cc1. The average Bonchev–Trinajstić information content (AvgIpc) is 2.53. The molecule has 1 aromatic carbocycles. The molecule has 0 bridgehead atoms. The first-order chi connectivity index (χ1) is 10.9. The molecule has 23 heavy (non-hydrogen) atoms. The first-order valence-electron chi connectivity index (χ1n) is 7.15. The van der Waals surface area contributed by atoms with E-state index in [0.717, 1.165) is 0 Å². The molecule has 1 fully saturated rings. The Morgan fingerprint density at radius 2 is 2.00 bits per heavy atom. The number of carbonyl (C=O) groups is 1. The highest BCUT2D eigenvalue weighted by Gasteiger charge is 2.27. The van der Waals surface area contributed by atoms with E-state index >= 15 is 0 Å². The molecular weight excluding hydrogens is 315 g/mol. The molecule has 5 nitrogen and oxygen atoms in total.